The normalized spacial score (nSPS) is 21.8. The van der Waals surface area contributed by atoms with Crippen LogP contribution in [0.25, 0.3) is 0 Å². The topological polar surface area (TPSA) is 64.6 Å². The van der Waals surface area contributed by atoms with Crippen LogP contribution in [0.5, 0.6) is 11.5 Å². The molecule has 2 aromatic rings. The predicted molar refractivity (Wildman–Crippen MR) is 105 cm³/mol. The Morgan fingerprint density at radius 1 is 0.857 bits per heavy atom. The summed E-state index contributed by atoms with van der Waals surface area (Å²) >= 11 is 0. The molecule has 0 saturated heterocycles. The third-order valence-corrected chi connectivity index (χ3v) is 5.62. The Morgan fingerprint density at radius 3 is 2.32 bits per heavy atom. The van der Waals surface area contributed by atoms with Crippen molar-refractivity contribution in [3.63, 3.8) is 0 Å². The molecule has 0 spiro atoms. The lowest BCUT2D eigenvalue weighted by atomic mass is 9.73. The molecule has 5 nitrogen and oxygen atoms in total. The van der Waals surface area contributed by atoms with Crippen LogP contribution in [-0.4, -0.2) is 25.9 Å². The number of rotatable bonds is 4. The molecule has 1 aliphatic heterocycles. The summed E-state index contributed by atoms with van der Waals surface area (Å²) in [6.07, 6.45) is 1.38. The minimum absolute atomic E-state index is 0.0382. The van der Waals surface area contributed by atoms with Crippen molar-refractivity contribution in [3.8, 4) is 11.5 Å². The highest BCUT2D eigenvalue weighted by atomic mass is 16.5. The number of allylic oxidation sites excluding steroid dienone is 2. The molecule has 0 radical (unpaired) electrons. The van der Waals surface area contributed by atoms with Crippen LogP contribution in [0, 0.1) is 0 Å². The summed E-state index contributed by atoms with van der Waals surface area (Å²) < 4.78 is 10.5. The van der Waals surface area contributed by atoms with E-state index in [0.717, 1.165) is 33.9 Å². The smallest absolute Gasteiger partial charge is 0.225 e. The molecule has 2 atom stereocenters. The van der Waals surface area contributed by atoms with Crippen molar-refractivity contribution in [2.24, 2.45) is 0 Å². The van der Waals surface area contributed by atoms with Crippen LogP contribution in [0.4, 0.5) is 0 Å². The Bertz CT molecular complexity index is 945. The monoisotopic (exact) mass is 377 g/mol. The van der Waals surface area contributed by atoms with Gasteiger partial charge in [-0.3, -0.25) is 9.59 Å². The number of hydrogen-bond donors (Lipinski definition) is 1. The largest absolute Gasteiger partial charge is 0.497 e. The molecule has 1 N–H and O–H groups in total. The van der Waals surface area contributed by atoms with Crippen LogP contribution in [-0.2, 0) is 9.59 Å². The van der Waals surface area contributed by atoms with E-state index in [1.54, 1.807) is 14.2 Å². The molecule has 1 heterocycles. The molecule has 2 aliphatic rings. The SMILES string of the molecule is COc1ccc(C2CC(=O)NC3=C2C(=O)CC(c2cccc(OC)c2)C3)cc1. The highest BCUT2D eigenvalue weighted by molar-refractivity contribution is 6.02. The van der Waals surface area contributed by atoms with Crippen molar-refractivity contribution < 1.29 is 19.1 Å². The summed E-state index contributed by atoms with van der Waals surface area (Å²) in [6.45, 7) is 0. The number of carbonyl (C=O) groups is 2. The number of hydrogen-bond acceptors (Lipinski definition) is 4. The lowest BCUT2D eigenvalue weighted by Gasteiger charge is -2.34. The first-order valence-electron chi connectivity index (χ1n) is 9.43. The van der Waals surface area contributed by atoms with E-state index >= 15 is 0 Å². The van der Waals surface area contributed by atoms with Gasteiger partial charge in [0.15, 0.2) is 5.78 Å². The van der Waals surface area contributed by atoms with Gasteiger partial charge in [0.05, 0.1) is 14.2 Å². The highest BCUT2D eigenvalue weighted by Crippen LogP contribution is 2.43. The third kappa shape index (κ3) is 3.40. The van der Waals surface area contributed by atoms with Gasteiger partial charge < -0.3 is 14.8 Å². The first kappa shape index (κ1) is 18.3. The van der Waals surface area contributed by atoms with Crippen molar-refractivity contribution >= 4 is 11.7 Å². The van der Waals surface area contributed by atoms with Crippen LogP contribution < -0.4 is 14.8 Å². The number of amides is 1. The summed E-state index contributed by atoms with van der Waals surface area (Å²) in [4.78, 5) is 25.5. The number of benzene rings is 2. The van der Waals surface area contributed by atoms with Gasteiger partial charge in [0, 0.05) is 30.0 Å². The van der Waals surface area contributed by atoms with Gasteiger partial charge in [-0.25, -0.2) is 0 Å². The van der Waals surface area contributed by atoms with E-state index in [2.05, 4.69) is 5.32 Å². The summed E-state index contributed by atoms with van der Waals surface area (Å²) in [5.41, 5.74) is 3.54. The molecule has 0 aromatic heterocycles. The minimum atomic E-state index is -0.201. The zero-order valence-electron chi connectivity index (χ0n) is 16.0. The number of nitrogens with one attached hydrogen (secondary N) is 1. The zero-order chi connectivity index (χ0) is 19.7. The second kappa shape index (κ2) is 7.50. The number of ketones is 1. The Hall–Kier alpha value is -3.08. The van der Waals surface area contributed by atoms with Crippen LogP contribution in [0.1, 0.15) is 42.2 Å². The molecule has 5 heteroatoms. The lowest BCUT2D eigenvalue weighted by molar-refractivity contribution is -0.122. The first-order valence-corrected chi connectivity index (χ1v) is 9.43. The first-order chi connectivity index (χ1) is 13.6. The minimum Gasteiger partial charge on any atom is -0.497 e. The van der Waals surface area contributed by atoms with E-state index in [9.17, 15) is 9.59 Å². The van der Waals surface area contributed by atoms with Gasteiger partial charge in [-0.2, -0.15) is 0 Å². The summed E-state index contributed by atoms with van der Waals surface area (Å²) in [5, 5.41) is 2.96. The average molecular weight is 377 g/mol. The van der Waals surface area contributed by atoms with Crippen molar-refractivity contribution in [1.29, 1.82) is 0 Å². The summed E-state index contributed by atoms with van der Waals surface area (Å²) in [7, 11) is 3.25. The molecule has 4 rings (SSSR count). The van der Waals surface area contributed by atoms with Crippen molar-refractivity contribution in [3.05, 3.63) is 70.9 Å². The van der Waals surface area contributed by atoms with Gasteiger partial charge in [0.25, 0.3) is 0 Å². The van der Waals surface area contributed by atoms with Gasteiger partial charge >= 0.3 is 0 Å². The molecular formula is C23H23NO4. The highest BCUT2D eigenvalue weighted by Gasteiger charge is 2.38. The predicted octanol–water partition coefficient (Wildman–Crippen LogP) is 3.71. The molecule has 1 amide bonds. The number of methoxy groups -OCH3 is 2. The quantitative estimate of drug-likeness (QED) is 0.882. The average Bonchev–Trinajstić information content (AvgIpc) is 2.73. The van der Waals surface area contributed by atoms with E-state index < -0.39 is 0 Å². The van der Waals surface area contributed by atoms with Crippen LogP contribution in [0.3, 0.4) is 0 Å². The molecule has 1 aliphatic carbocycles. The fourth-order valence-electron chi connectivity index (χ4n) is 4.21. The number of Topliss-reactive ketones (excluding diaryl/α,β-unsaturated/α-hetero) is 1. The van der Waals surface area contributed by atoms with E-state index in [4.69, 9.17) is 9.47 Å². The molecule has 0 fully saturated rings. The summed E-state index contributed by atoms with van der Waals surface area (Å²) in [5.74, 6) is 1.43. The number of ether oxygens (including phenoxy) is 2. The lowest BCUT2D eigenvalue weighted by Crippen LogP contribution is -2.38. The maximum atomic E-state index is 13.1. The van der Waals surface area contributed by atoms with Crippen molar-refractivity contribution in [2.75, 3.05) is 14.2 Å². The number of carbonyl (C=O) groups excluding carboxylic acids is 2. The third-order valence-electron chi connectivity index (χ3n) is 5.62. The van der Waals surface area contributed by atoms with E-state index in [-0.39, 0.29) is 23.5 Å². The zero-order valence-corrected chi connectivity index (χ0v) is 16.0. The molecule has 28 heavy (non-hydrogen) atoms. The molecule has 144 valence electrons. The van der Waals surface area contributed by atoms with Crippen molar-refractivity contribution in [2.45, 2.75) is 31.1 Å². The molecular weight excluding hydrogens is 354 g/mol. The maximum Gasteiger partial charge on any atom is 0.225 e. The van der Waals surface area contributed by atoms with E-state index in [0.29, 0.717) is 19.3 Å². The Balaban J connectivity index is 1.68. The summed E-state index contributed by atoms with van der Waals surface area (Å²) in [6, 6.07) is 15.4. The second-order valence-electron chi connectivity index (χ2n) is 7.28. The second-order valence-corrected chi connectivity index (χ2v) is 7.28. The molecule has 0 saturated carbocycles. The Kier molecular flexibility index (Phi) is 4.90. The fourth-order valence-corrected chi connectivity index (χ4v) is 4.21. The van der Waals surface area contributed by atoms with Gasteiger partial charge in [0.2, 0.25) is 5.91 Å². The van der Waals surface area contributed by atoms with E-state index in [1.807, 2.05) is 48.5 Å². The van der Waals surface area contributed by atoms with E-state index in [1.165, 1.54) is 0 Å². The fraction of sp³-hybridized carbons (Fsp3) is 0.304. The van der Waals surface area contributed by atoms with Gasteiger partial charge in [-0.1, -0.05) is 24.3 Å². The standard InChI is InChI=1S/C23H23NO4/c1-27-17-8-6-14(7-9-17)19-13-22(26)24-20-11-16(12-21(25)23(19)20)15-4-3-5-18(10-15)28-2/h3-10,16,19H,11-13H2,1-2H3,(H,24,26). The Labute approximate surface area is 164 Å². The van der Waals surface area contributed by atoms with Crippen LogP contribution >= 0.6 is 0 Å². The van der Waals surface area contributed by atoms with Crippen molar-refractivity contribution in [1.82, 2.24) is 5.32 Å². The van der Waals surface area contributed by atoms with Gasteiger partial charge in [0.1, 0.15) is 11.5 Å². The van der Waals surface area contributed by atoms with Gasteiger partial charge in [-0.15, -0.1) is 0 Å². The van der Waals surface area contributed by atoms with Crippen LogP contribution in [0.15, 0.2) is 59.8 Å². The molecule has 2 aromatic carbocycles. The molecule has 2 unspecified atom stereocenters. The molecule has 0 bridgehead atoms. The van der Waals surface area contributed by atoms with Gasteiger partial charge in [-0.05, 0) is 47.7 Å². The maximum absolute atomic E-state index is 13.1. The van der Waals surface area contributed by atoms with Crippen LogP contribution in [0.2, 0.25) is 0 Å². The Morgan fingerprint density at radius 2 is 1.61 bits per heavy atom.